The van der Waals surface area contributed by atoms with Crippen molar-refractivity contribution in [2.45, 2.75) is 13.5 Å². The van der Waals surface area contributed by atoms with E-state index in [1.165, 1.54) is 18.2 Å². The zero-order valence-corrected chi connectivity index (χ0v) is 14.4. The second-order valence-electron chi connectivity index (χ2n) is 4.73. The van der Waals surface area contributed by atoms with E-state index in [2.05, 4.69) is 32.6 Å². The fourth-order valence-corrected chi connectivity index (χ4v) is 2.52. The summed E-state index contributed by atoms with van der Waals surface area (Å²) in [4.78, 5) is 11.9. The van der Waals surface area contributed by atoms with Gasteiger partial charge in [0.15, 0.2) is 0 Å². The van der Waals surface area contributed by atoms with Crippen LogP contribution in [0, 0.1) is 10.5 Å². The first-order valence-corrected chi connectivity index (χ1v) is 7.82. The summed E-state index contributed by atoms with van der Waals surface area (Å²) in [6, 6.07) is 11.8. The number of carbonyl (C=O) groups excluding carboxylic acids is 1. The number of alkyl halides is 2. The molecule has 0 spiro atoms. The highest BCUT2D eigenvalue weighted by atomic mass is 127. The zero-order chi connectivity index (χ0) is 16.8. The van der Waals surface area contributed by atoms with Crippen LogP contribution in [-0.4, -0.2) is 12.5 Å². The normalized spacial score (nSPS) is 11.0. The lowest BCUT2D eigenvalue weighted by molar-refractivity contribution is -0.111. The highest BCUT2D eigenvalue weighted by molar-refractivity contribution is 14.1. The van der Waals surface area contributed by atoms with Gasteiger partial charge in [0.1, 0.15) is 5.75 Å². The third kappa shape index (κ3) is 5.63. The minimum Gasteiger partial charge on any atom is -0.435 e. The first kappa shape index (κ1) is 17.4. The number of anilines is 1. The summed E-state index contributed by atoms with van der Waals surface area (Å²) < 4.78 is 29.5. The summed E-state index contributed by atoms with van der Waals surface area (Å²) in [6.45, 7) is -0.928. The maximum Gasteiger partial charge on any atom is 0.387 e. The molecule has 0 atom stereocenters. The Hall–Kier alpha value is -1.96. The lowest BCUT2D eigenvalue weighted by atomic mass is 10.2. The number of hydrogen-bond acceptors (Lipinski definition) is 2. The molecule has 0 saturated carbocycles. The van der Waals surface area contributed by atoms with Gasteiger partial charge in [0.25, 0.3) is 0 Å². The monoisotopic (exact) mass is 429 g/mol. The smallest absolute Gasteiger partial charge is 0.387 e. The molecule has 120 valence electrons. The van der Waals surface area contributed by atoms with Crippen molar-refractivity contribution >= 4 is 40.3 Å². The van der Waals surface area contributed by atoms with Crippen LogP contribution in [0.3, 0.4) is 0 Å². The Morgan fingerprint density at radius 3 is 2.52 bits per heavy atom. The second kappa shape index (κ2) is 8.05. The van der Waals surface area contributed by atoms with Crippen LogP contribution in [0.5, 0.6) is 5.75 Å². The Labute approximate surface area is 146 Å². The molecular weight excluding hydrogens is 415 g/mol. The summed E-state index contributed by atoms with van der Waals surface area (Å²) in [7, 11) is 0. The summed E-state index contributed by atoms with van der Waals surface area (Å²) in [5.41, 5.74) is 2.44. The largest absolute Gasteiger partial charge is 0.435 e. The predicted molar refractivity (Wildman–Crippen MR) is 94.6 cm³/mol. The topological polar surface area (TPSA) is 38.3 Å². The molecule has 2 rings (SSSR count). The van der Waals surface area contributed by atoms with Crippen LogP contribution in [-0.2, 0) is 4.79 Å². The fraction of sp³-hybridized carbons (Fsp3) is 0.118. The molecule has 2 aromatic carbocycles. The molecule has 0 radical (unpaired) electrons. The third-order valence-corrected chi connectivity index (χ3v) is 3.65. The van der Waals surface area contributed by atoms with E-state index in [0.717, 1.165) is 14.8 Å². The van der Waals surface area contributed by atoms with Crippen molar-refractivity contribution < 1.29 is 18.3 Å². The van der Waals surface area contributed by atoms with Crippen molar-refractivity contribution in [3.8, 4) is 5.75 Å². The first-order valence-electron chi connectivity index (χ1n) is 6.74. The van der Waals surface area contributed by atoms with Crippen LogP contribution >= 0.6 is 22.6 Å². The van der Waals surface area contributed by atoms with Gasteiger partial charge in [-0.25, -0.2) is 0 Å². The number of ether oxygens (including phenoxy) is 1. The van der Waals surface area contributed by atoms with E-state index in [1.54, 1.807) is 18.2 Å². The summed E-state index contributed by atoms with van der Waals surface area (Å²) in [5.74, 6) is -0.182. The highest BCUT2D eigenvalue weighted by Crippen LogP contribution is 2.18. The Kier molecular flexibility index (Phi) is 6.09. The van der Waals surface area contributed by atoms with Gasteiger partial charge in [-0.15, -0.1) is 0 Å². The van der Waals surface area contributed by atoms with Gasteiger partial charge < -0.3 is 10.1 Å². The Bertz CT molecular complexity index is 715. The van der Waals surface area contributed by atoms with E-state index in [0.29, 0.717) is 5.56 Å². The number of carbonyl (C=O) groups is 1. The van der Waals surface area contributed by atoms with Crippen LogP contribution < -0.4 is 10.1 Å². The fourth-order valence-electron chi connectivity index (χ4n) is 1.87. The Morgan fingerprint density at radius 2 is 1.91 bits per heavy atom. The minimum absolute atomic E-state index is 0.0797. The Morgan fingerprint density at radius 1 is 1.22 bits per heavy atom. The number of hydrogen-bond donors (Lipinski definition) is 1. The number of aryl methyl sites for hydroxylation is 1. The molecule has 0 heterocycles. The number of rotatable bonds is 5. The Balaban J connectivity index is 1.97. The predicted octanol–water partition coefficient (Wildman–Crippen LogP) is 4.85. The van der Waals surface area contributed by atoms with Crippen molar-refractivity contribution in [3.63, 3.8) is 0 Å². The highest BCUT2D eigenvalue weighted by Gasteiger charge is 2.04. The van der Waals surface area contributed by atoms with Gasteiger partial charge in [-0.1, -0.05) is 12.1 Å². The molecule has 0 aromatic heterocycles. The summed E-state index contributed by atoms with van der Waals surface area (Å²) in [5, 5.41) is 2.79. The van der Waals surface area contributed by atoms with Crippen LogP contribution in [0.15, 0.2) is 48.5 Å². The molecule has 3 nitrogen and oxygen atoms in total. The van der Waals surface area contributed by atoms with Crippen molar-refractivity contribution in [3.05, 3.63) is 63.2 Å². The molecule has 1 N–H and O–H groups in total. The summed E-state index contributed by atoms with van der Waals surface area (Å²) in [6.07, 6.45) is 2.99. The van der Waals surface area contributed by atoms with Gasteiger partial charge in [0.2, 0.25) is 5.91 Å². The van der Waals surface area contributed by atoms with Crippen LogP contribution in [0.25, 0.3) is 6.08 Å². The number of amides is 1. The molecule has 0 fully saturated rings. The van der Waals surface area contributed by atoms with Crippen LogP contribution in [0.4, 0.5) is 14.5 Å². The average molecular weight is 429 g/mol. The lowest BCUT2D eigenvalue weighted by Crippen LogP contribution is -2.08. The van der Waals surface area contributed by atoms with E-state index in [1.807, 2.05) is 25.1 Å². The average Bonchev–Trinajstić information content (AvgIpc) is 2.49. The number of benzene rings is 2. The van der Waals surface area contributed by atoms with Crippen molar-refractivity contribution in [1.82, 2.24) is 0 Å². The van der Waals surface area contributed by atoms with E-state index in [9.17, 15) is 13.6 Å². The molecule has 0 aliphatic heterocycles. The third-order valence-electron chi connectivity index (χ3n) is 2.98. The standard InChI is InChI=1S/C17H14F2INO2/c1-11-10-13(20)5-8-15(11)21-16(22)9-4-12-2-6-14(7-3-12)23-17(18)19/h2-10,17H,1H3,(H,21,22)/b9-4+. The molecule has 0 aliphatic carbocycles. The lowest BCUT2D eigenvalue weighted by Gasteiger charge is -2.06. The molecule has 2 aromatic rings. The van der Waals surface area contributed by atoms with Gasteiger partial charge in [0, 0.05) is 15.3 Å². The second-order valence-corrected chi connectivity index (χ2v) is 5.97. The van der Waals surface area contributed by atoms with Gasteiger partial charge in [0.05, 0.1) is 0 Å². The molecule has 23 heavy (non-hydrogen) atoms. The summed E-state index contributed by atoms with van der Waals surface area (Å²) >= 11 is 2.21. The van der Waals surface area contributed by atoms with Crippen molar-refractivity contribution in [2.24, 2.45) is 0 Å². The van der Waals surface area contributed by atoms with E-state index >= 15 is 0 Å². The number of halogens is 3. The maximum atomic E-state index is 12.0. The SMILES string of the molecule is Cc1cc(I)ccc1NC(=O)/C=C/c1ccc(OC(F)F)cc1. The maximum absolute atomic E-state index is 12.0. The van der Waals surface area contributed by atoms with Gasteiger partial charge in [-0.2, -0.15) is 8.78 Å². The quantitative estimate of drug-likeness (QED) is 0.545. The van der Waals surface area contributed by atoms with Crippen LogP contribution in [0.1, 0.15) is 11.1 Å². The van der Waals surface area contributed by atoms with Crippen LogP contribution in [0.2, 0.25) is 0 Å². The van der Waals surface area contributed by atoms with E-state index in [-0.39, 0.29) is 11.7 Å². The van der Waals surface area contributed by atoms with Crippen molar-refractivity contribution in [2.75, 3.05) is 5.32 Å². The first-order chi connectivity index (χ1) is 10.9. The molecule has 0 aliphatic rings. The minimum atomic E-state index is -2.85. The molecule has 0 saturated heterocycles. The van der Waals surface area contributed by atoms with Gasteiger partial charge in [-0.3, -0.25) is 4.79 Å². The van der Waals surface area contributed by atoms with Gasteiger partial charge >= 0.3 is 6.61 Å². The molecule has 0 unspecified atom stereocenters. The van der Waals surface area contributed by atoms with Gasteiger partial charge in [-0.05, 0) is 77.0 Å². The zero-order valence-electron chi connectivity index (χ0n) is 12.2. The molecule has 1 amide bonds. The molecule has 6 heteroatoms. The van der Waals surface area contributed by atoms with E-state index in [4.69, 9.17) is 0 Å². The van der Waals surface area contributed by atoms with Crippen molar-refractivity contribution in [1.29, 1.82) is 0 Å². The molecular formula is C17H14F2INO2. The molecule has 0 bridgehead atoms. The van der Waals surface area contributed by atoms with E-state index < -0.39 is 6.61 Å². The number of nitrogens with one attached hydrogen (secondary N) is 1.